The molecule has 0 saturated heterocycles. The number of thioether (sulfide) groups is 1. The van der Waals surface area contributed by atoms with Gasteiger partial charge in [-0.1, -0.05) is 17.8 Å². The Morgan fingerprint density at radius 3 is 2.67 bits per heavy atom. The molecular weight excluding hydrogens is 282 g/mol. The summed E-state index contributed by atoms with van der Waals surface area (Å²) in [6, 6.07) is 0.305. The van der Waals surface area contributed by atoms with Crippen LogP contribution in [-0.2, 0) is 0 Å². The summed E-state index contributed by atoms with van der Waals surface area (Å²) in [7, 11) is 0. The molecule has 0 unspecified atom stereocenters. The van der Waals surface area contributed by atoms with E-state index >= 15 is 0 Å². The SMILES string of the molecule is CCN(C1=CCCCC1)c1nc(NC(C)C)nc(SC)n1. The molecule has 0 aliphatic heterocycles. The Labute approximate surface area is 131 Å². The Hall–Kier alpha value is -1.30. The van der Waals surface area contributed by atoms with Crippen LogP contribution in [0, 0.1) is 0 Å². The third-order valence-electron chi connectivity index (χ3n) is 3.37. The van der Waals surface area contributed by atoms with Crippen LogP contribution >= 0.6 is 11.8 Å². The number of allylic oxidation sites excluding steroid dienone is 2. The molecule has 0 radical (unpaired) electrons. The number of aromatic nitrogens is 3. The van der Waals surface area contributed by atoms with Gasteiger partial charge >= 0.3 is 0 Å². The van der Waals surface area contributed by atoms with Gasteiger partial charge in [-0.15, -0.1) is 0 Å². The molecule has 0 bridgehead atoms. The highest BCUT2D eigenvalue weighted by molar-refractivity contribution is 7.98. The van der Waals surface area contributed by atoms with E-state index in [9.17, 15) is 0 Å². The molecule has 0 saturated carbocycles. The van der Waals surface area contributed by atoms with Crippen LogP contribution in [0.1, 0.15) is 46.5 Å². The van der Waals surface area contributed by atoms with Crippen molar-refractivity contribution in [2.24, 2.45) is 0 Å². The molecule has 1 aliphatic carbocycles. The Bertz CT molecular complexity index is 501. The largest absolute Gasteiger partial charge is 0.352 e. The molecule has 0 spiro atoms. The minimum atomic E-state index is 0.305. The average molecular weight is 307 g/mol. The lowest BCUT2D eigenvalue weighted by Crippen LogP contribution is -2.26. The van der Waals surface area contributed by atoms with Crippen molar-refractivity contribution in [1.82, 2.24) is 15.0 Å². The average Bonchev–Trinajstić information content (AvgIpc) is 2.48. The first-order chi connectivity index (χ1) is 10.1. The predicted molar refractivity (Wildman–Crippen MR) is 89.9 cm³/mol. The van der Waals surface area contributed by atoms with E-state index in [0.717, 1.165) is 30.5 Å². The number of hydrogen-bond acceptors (Lipinski definition) is 6. The maximum Gasteiger partial charge on any atom is 0.235 e. The van der Waals surface area contributed by atoms with Crippen LogP contribution in [0.15, 0.2) is 16.9 Å². The quantitative estimate of drug-likeness (QED) is 0.809. The van der Waals surface area contributed by atoms with Crippen molar-refractivity contribution in [2.75, 3.05) is 23.0 Å². The second kappa shape index (κ2) is 7.64. The minimum absolute atomic E-state index is 0.305. The van der Waals surface area contributed by atoms with Crippen molar-refractivity contribution in [3.63, 3.8) is 0 Å². The number of nitrogens with one attached hydrogen (secondary N) is 1. The van der Waals surface area contributed by atoms with Gasteiger partial charge in [-0.05, 0) is 52.7 Å². The molecule has 21 heavy (non-hydrogen) atoms. The van der Waals surface area contributed by atoms with Crippen LogP contribution in [0.5, 0.6) is 0 Å². The van der Waals surface area contributed by atoms with Crippen LogP contribution in [0.25, 0.3) is 0 Å². The Morgan fingerprint density at radius 1 is 1.29 bits per heavy atom. The van der Waals surface area contributed by atoms with Crippen LogP contribution < -0.4 is 10.2 Å². The minimum Gasteiger partial charge on any atom is -0.352 e. The van der Waals surface area contributed by atoms with E-state index in [1.807, 2.05) is 6.26 Å². The normalized spacial score (nSPS) is 15.0. The van der Waals surface area contributed by atoms with E-state index in [0.29, 0.717) is 12.0 Å². The lowest BCUT2D eigenvalue weighted by molar-refractivity contribution is 0.667. The van der Waals surface area contributed by atoms with Crippen LogP contribution in [0.4, 0.5) is 11.9 Å². The van der Waals surface area contributed by atoms with Gasteiger partial charge in [0.1, 0.15) is 0 Å². The highest BCUT2D eigenvalue weighted by atomic mass is 32.2. The molecular formula is C15H25N5S. The molecule has 1 aliphatic rings. The van der Waals surface area contributed by atoms with E-state index in [-0.39, 0.29) is 0 Å². The first-order valence-electron chi connectivity index (χ1n) is 7.67. The van der Waals surface area contributed by atoms with Gasteiger partial charge in [0.2, 0.25) is 11.9 Å². The molecule has 5 nitrogen and oxygen atoms in total. The van der Waals surface area contributed by atoms with Gasteiger partial charge in [-0.3, -0.25) is 0 Å². The number of rotatable bonds is 6. The summed E-state index contributed by atoms with van der Waals surface area (Å²) in [5, 5.41) is 4.04. The third-order valence-corrected chi connectivity index (χ3v) is 3.92. The van der Waals surface area contributed by atoms with Crippen molar-refractivity contribution in [2.45, 2.75) is 57.7 Å². The zero-order chi connectivity index (χ0) is 15.2. The number of anilines is 2. The smallest absolute Gasteiger partial charge is 0.235 e. The summed E-state index contributed by atoms with van der Waals surface area (Å²) in [6.07, 6.45) is 9.12. The lowest BCUT2D eigenvalue weighted by atomic mass is 10.0. The summed E-state index contributed by atoms with van der Waals surface area (Å²) in [6.45, 7) is 7.20. The van der Waals surface area contributed by atoms with E-state index < -0.39 is 0 Å². The van der Waals surface area contributed by atoms with Gasteiger partial charge in [0.25, 0.3) is 0 Å². The van der Waals surface area contributed by atoms with Gasteiger partial charge in [0, 0.05) is 18.3 Å². The summed E-state index contributed by atoms with van der Waals surface area (Å²) >= 11 is 1.55. The Kier molecular flexibility index (Phi) is 5.85. The van der Waals surface area contributed by atoms with Crippen molar-refractivity contribution in [1.29, 1.82) is 0 Å². The molecule has 116 valence electrons. The summed E-state index contributed by atoms with van der Waals surface area (Å²) in [5.74, 6) is 1.42. The van der Waals surface area contributed by atoms with E-state index in [1.165, 1.54) is 18.5 Å². The van der Waals surface area contributed by atoms with Crippen molar-refractivity contribution < 1.29 is 0 Å². The molecule has 6 heteroatoms. The monoisotopic (exact) mass is 307 g/mol. The standard InChI is InChI=1S/C15H25N5S/c1-5-20(12-9-7-6-8-10-12)14-17-13(16-11(2)3)18-15(19-14)21-4/h9,11H,5-8,10H2,1-4H3,(H,16,17,18,19). The first-order valence-corrected chi connectivity index (χ1v) is 8.89. The second-order valence-corrected chi connectivity index (χ2v) is 6.20. The zero-order valence-corrected chi connectivity index (χ0v) is 14.2. The maximum absolute atomic E-state index is 4.61. The topological polar surface area (TPSA) is 53.9 Å². The van der Waals surface area contributed by atoms with Crippen LogP contribution in [0.2, 0.25) is 0 Å². The molecule has 2 rings (SSSR count). The van der Waals surface area contributed by atoms with Crippen LogP contribution in [-0.4, -0.2) is 33.8 Å². The molecule has 0 aromatic carbocycles. The fourth-order valence-corrected chi connectivity index (χ4v) is 2.77. The molecule has 0 amide bonds. The molecule has 1 N–H and O–H groups in total. The van der Waals surface area contributed by atoms with Crippen molar-refractivity contribution >= 4 is 23.7 Å². The van der Waals surface area contributed by atoms with Gasteiger partial charge < -0.3 is 10.2 Å². The van der Waals surface area contributed by atoms with Crippen molar-refractivity contribution in [3.05, 3.63) is 11.8 Å². The zero-order valence-electron chi connectivity index (χ0n) is 13.4. The molecule has 0 atom stereocenters. The molecule has 1 heterocycles. The van der Waals surface area contributed by atoms with Gasteiger partial charge in [-0.25, -0.2) is 0 Å². The highest BCUT2D eigenvalue weighted by Crippen LogP contribution is 2.25. The van der Waals surface area contributed by atoms with Gasteiger partial charge in [0.15, 0.2) is 5.16 Å². The van der Waals surface area contributed by atoms with E-state index in [2.05, 4.69) is 52.0 Å². The maximum atomic E-state index is 4.61. The highest BCUT2D eigenvalue weighted by Gasteiger charge is 2.17. The predicted octanol–water partition coefficient (Wildman–Crippen LogP) is 3.70. The molecule has 0 fully saturated rings. The molecule has 1 aromatic heterocycles. The van der Waals surface area contributed by atoms with Crippen molar-refractivity contribution in [3.8, 4) is 0 Å². The van der Waals surface area contributed by atoms with E-state index in [4.69, 9.17) is 0 Å². The Balaban J connectivity index is 2.32. The summed E-state index contributed by atoms with van der Waals surface area (Å²) in [4.78, 5) is 15.8. The summed E-state index contributed by atoms with van der Waals surface area (Å²) < 4.78 is 0. The lowest BCUT2D eigenvalue weighted by Gasteiger charge is -2.26. The fraction of sp³-hybridized carbons (Fsp3) is 0.667. The first kappa shape index (κ1) is 16.1. The second-order valence-electron chi connectivity index (χ2n) is 5.43. The third kappa shape index (κ3) is 4.33. The molecule has 1 aromatic rings. The number of hydrogen-bond donors (Lipinski definition) is 1. The van der Waals surface area contributed by atoms with Gasteiger partial charge in [0.05, 0.1) is 0 Å². The Morgan fingerprint density at radius 2 is 2.10 bits per heavy atom. The summed E-state index contributed by atoms with van der Waals surface area (Å²) in [5.41, 5.74) is 1.34. The van der Waals surface area contributed by atoms with E-state index in [1.54, 1.807) is 11.8 Å². The van der Waals surface area contributed by atoms with Crippen LogP contribution in [0.3, 0.4) is 0 Å². The fourth-order valence-electron chi connectivity index (χ4n) is 2.42. The van der Waals surface area contributed by atoms with Gasteiger partial charge in [-0.2, -0.15) is 15.0 Å². The number of nitrogens with zero attached hydrogens (tertiary/aromatic N) is 4.